The summed E-state index contributed by atoms with van der Waals surface area (Å²) in [4.78, 5) is 39.7. The van der Waals surface area contributed by atoms with Gasteiger partial charge in [0.1, 0.15) is 12.0 Å². The molecule has 8 nitrogen and oxygen atoms in total. The van der Waals surface area contributed by atoms with E-state index in [1.807, 2.05) is 33.8 Å². The Kier molecular flexibility index (Phi) is 7.50. The van der Waals surface area contributed by atoms with E-state index in [2.05, 4.69) is 5.32 Å². The summed E-state index contributed by atoms with van der Waals surface area (Å²) in [5.74, 6) is -0.447. The van der Waals surface area contributed by atoms with Crippen LogP contribution >= 0.6 is 0 Å². The van der Waals surface area contributed by atoms with E-state index in [1.165, 1.54) is 4.90 Å². The number of rotatable bonds is 5. The van der Waals surface area contributed by atoms with Gasteiger partial charge in [0.15, 0.2) is 0 Å². The molecule has 1 spiro atoms. The van der Waals surface area contributed by atoms with Gasteiger partial charge in [-0.15, -0.1) is 0 Å². The zero-order valence-electron chi connectivity index (χ0n) is 18.1. The normalized spacial score (nSPS) is 18.5. The standard InChI is InChI=1S/C21H34N4O4/c1-5-6-13-25(17(26)9-12-22)18(27)23-16-7-10-21(11-8-16)14-24(15-21)19(28)29-20(2,3)4/h16H,5-11,13-15H2,1-4H3,(H,23,27). The highest BCUT2D eigenvalue weighted by molar-refractivity contribution is 5.95. The minimum atomic E-state index is -0.492. The molecule has 1 N–H and O–H groups in total. The van der Waals surface area contributed by atoms with Crippen molar-refractivity contribution >= 4 is 18.0 Å². The number of imide groups is 1. The lowest BCUT2D eigenvalue weighted by Crippen LogP contribution is -2.61. The Hall–Kier alpha value is -2.30. The Morgan fingerprint density at radius 2 is 1.86 bits per heavy atom. The second-order valence-electron chi connectivity index (χ2n) is 9.29. The molecular formula is C21H34N4O4. The van der Waals surface area contributed by atoms with E-state index < -0.39 is 17.5 Å². The molecule has 0 atom stereocenters. The monoisotopic (exact) mass is 406 g/mol. The summed E-state index contributed by atoms with van der Waals surface area (Å²) in [7, 11) is 0. The molecule has 0 bridgehead atoms. The fraction of sp³-hybridized carbons (Fsp3) is 0.810. The topological polar surface area (TPSA) is 103 Å². The van der Waals surface area contributed by atoms with Crippen molar-refractivity contribution in [3.8, 4) is 6.07 Å². The van der Waals surface area contributed by atoms with Crippen LogP contribution in [0, 0.1) is 16.7 Å². The van der Waals surface area contributed by atoms with Crippen molar-refractivity contribution in [1.29, 1.82) is 5.26 Å². The molecule has 1 aliphatic heterocycles. The van der Waals surface area contributed by atoms with Crippen molar-refractivity contribution in [2.24, 2.45) is 5.41 Å². The van der Waals surface area contributed by atoms with Crippen LogP contribution in [0.15, 0.2) is 0 Å². The maximum atomic E-state index is 12.6. The Morgan fingerprint density at radius 3 is 2.38 bits per heavy atom. The van der Waals surface area contributed by atoms with Crippen molar-refractivity contribution in [1.82, 2.24) is 15.1 Å². The Balaban J connectivity index is 1.80. The maximum absolute atomic E-state index is 12.6. The zero-order valence-corrected chi connectivity index (χ0v) is 18.1. The van der Waals surface area contributed by atoms with Crippen molar-refractivity contribution in [3.63, 3.8) is 0 Å². The van der Waals surface area contributed by atoms with Crippen LogP contribution in [0.3, 0.4) is 0 Å². The van der Waals surface area contributed by atoms with Crippen molar-refractivity contribution in [2.75, 3.05) is 19.6 Å². The number of carbonyl (C=O) groups excluding carboxylic acids is 3. The Bertz CT molecular complexity index is 649. The number of hydrogen-bond acceptors (Lipinski definition) is 5. The fourth-order valence-corrected chi connectivity index (χ4v) is 3.98. The zero-order chi connectivity index (χ0) is 21.7. The van der Waals surface area contributed by atoms with E-state index >= 15 is 0 Å². The minimum Gasteiger partial charge on any atom is -0.444 e. The summed E-state index contributed by atoms with van der Waals surface area (Å²) >= 11 is 0. The number of hydrogen-bond donors (Lipinski definition) is 1. The molecule has 0 aromatic rings. The van der Waals surface area contributed by atoms with E-state index in [0.29, 0.717) is 19.6 Å². The van der Waals surface area contributed by atoms with Crippen LogP contribution in [-0.2, 0) is 9.53 Å². The number of urea groups is 1. The van der Waals surface area contributed by atoms with Gasteiger partial charge in [-0.1, -0.05) is 13.3 Å². The third-order valence-electron chi connectivity index (χ3n) is 5.59. The third-order valence-corrected chi connectivity index (χ3v) is 5.59. The average Bonchev–Trinajstić information content (AvgIpc) is 2.59. The number of carbonyl (C=O) groups is 3. The fourth-order valence-electron chi connectivity index (χ4n) is 3.98. The van der Waals surface area contributed by atoms with Crippen molar-refractivity contribution in [3.05, 3.63) is 0 Å². The van der Waals surface area contributed by atoms with E-state index in [4.69, 9.17) is 10.00 Å². The van der Waals surface area contributed by atoms with Crippen LogP contribution in [0.2, 0.25) is 0 Å². The number of likely N-dealkylation sites (tertiary alicyclic amines) is 1. The highest BCUT2D eigenvalue weighted by atomic mass is 16.6. The van der Waals surface area contributed by atoms with Gasteiger partial charge in [-0.3, -0.25) is 9.69 Å². The first-order chi connectivity index (χ1) is 13.6. The van der Waals surface area contributed by atoms with Crippen LogP contribution in [0.1, 0.15) is 72.6 Å². The molecule has 162 valence electrons. The largest absolute Gasteiger partial charge is 0.444 e. The molecule has 0 aromatic carbocycles. The molecule has 0 radical (unpaired) electrons. The van der Waals surface area contributed by atoms with Crippen LogP contribution in [0.4, 0.5) is 9.59 Å². The SMILES string of the molecule is CCCCN(C(=O)CC#N)C(=O)NC1CCC2(CC1)CN(C(=O)OC(C)(C)C)C2. The first-order valence-corrected chi connectivity index (χ1v) is 10.5. The smallest absolute Gasteiger partial charge is 0.410 e. The number of nitriles is 1. The second kappa shape index (κ2) is 9.47. The van der Waals surface area contributed by atoms with Crippen LogP contribution in [0.5, 0.6) is 0 Å². The van der Waals surface area contributed by atoms with Gasteiger partial charge in [0.2, 0.25) is 5.91 Å². The van der Waals surface area contributed by atoms with Crippen molar-refractivity contribution < 1.29 is 19.1 Å². The molecule has 29 heavy (non-hydrogen) atoms. The van der Waals surface area contributed by atoms with E-state index in [9.17, 15) is 14.4 Å². The van der Waals surface area contributed by atoms with Crippen LogP contribution in [-0.4, -0.2) is 59.1 Å². The lowest BCUT2D eigenvalue weighted by atomic mass is 9.67. The van der Waals surface area contributed by atoms with Gasteiger partial charge in [-0.2, -0.15) is 5.26 Å². The summed E-state index contributed by atoms with van der Waals surface area (Å²) in [6.07, 6.45) is 4.54. The maximum Gasteiger partial charge on any atom is 0.410 e. The Morgan fingerprint density at radius 1 is 1.24 bits per heavy atom. The predicted octanol–water partition coefficient (Wildman–Crippen LogP) is 3.42. The third kappa shape index (κ3) is 6.34. The van der Waals surface area contributed by atoms with Gasteiger partial charge < -0.3 is 15.0 Å². The summed E-state index contributed by atoms with van der Waals surface area (Å²) < 4.78 is 5.42. The summed E-state index contributed by atoms with van der Waals surface area (Å²) in [6.45, 7) is 9.31. The molecule has 4 amide bonds. The number of unbranched alkanes of at least 4 members (excludes halogenated alkanes) is 1. The van der Waals surface area contributed by atoms with Crippen LogP contribution in [0.25, 0.3) is 0 Å². The summed E-state index contributed by atoms with van der Waals surface area (Å²) in [5.41, 5.74) is -0.370. The summed E-state index contributed by atoms with van der Waals surface area (Å²) in [6, 6.07) is 1.44. The second-order valence-corrected chi connectivity index (χ2v) is 9.29. The molecule has 2 fully saturated rings. The number of nitrogens with one attached hydrogen (secondary N) is 1. The predicted molar refractivity (Wildman–Crippen MR) is 108 cm³/mol. The quantitative estimate of drug-likeness (QED) is 0.753. The molecule has 1 saturated carbocycles. The lowest BCUT2D eigenvalue weighted by Gasteiger charge is -2.53. The first-order valence-electron chi connectivity index (χ1n) is 10.5. The lowest BCUT2D eigenvalue weighted by molar-refractivity contribution is -0.127. The van der Waals surface area contributed by atoms with Gasteiger partial charge >= 0.3 is 12.1 Å². The number of nitrogens with zero attached hydrogens (tertiary/aromatic N) is 3. The molecule has 2 rings (SSSR count). The highest BCUT2D eigenvalue weighted by Gasteiger charge is 2.48. The van der Waals surface area contributed by atoms with Gasteiger partial charge in [0.05, 0.1) is 6.07 Å². The van der Waals surface area contributed by atoms with E-state index in [0.717, 1.165) is 38.5 Å². The van der Waals surface area contributed by atoms with Crippen LogP contribution < -0.4 is 5.32 Å². The molecule has 1 aliphatic carbocycles. The van der Waals surface area contributed by atoms with E-state index in [-0.39, 0.29) is 24.0 Å². The van der Waals surface area contributed by atoms with Gasteiger partial charge in [0, 0.05) is 31.1 Å². The molecule has 0 unspecified atom stereocenters. The highest BCUT2D eigenvalue weighted by Crippen LogP contribution is 2.44. The molecule has 1 heterocycles. The van der Waals surface area contributed by atoms with E-state index in [1.54, 1.807) is 4.90 Å². The van der Waals surface area contributed by atoms with Gasteiger partial charge in [0.25, 0.3) is 0 Å². The average molecular weight is 407 g/mol. The Labute approximate surface area is 173 Å². The van der Waals surface area contributed by atoms with Gasteiger partial charge in [-0.25, -0.2) is 9.59 Å². The molecular weight excluding hydrogens is 372 g/mol. The van der Waals surface area contributed by atoms with Gasteiger partial charge in [-0.05, 0) is 52.9 Å². The number of amides is 4. The summed E-state index contributed by atoms with van der Waals surface area (Å²) in [5, 5.41) is 11.7. The first kappa shape index (κ1) is 23.0. The molecule has 2 aliphatic rings. The molecule has 0 aromatic heterocycles. The molecule has 1 saturated heterocycles. The van der Waals surface area contributed by atoms with Crippen molar-refractivity contribution in [2.45, 2.75) is 84.3 Å². The minimum absolute atomic E-state index is 0.0164. The molecule has 8 heteroatoms. The number of ether oxygens (including phenoxy) is 1.